The maximum Gasteiger partial charge on any atom is 0.573 e. The summed E-state index contributed by atoms with van der Waals surface area (Å²) in [5, 5.41) is -1.41. The van der Waals surface area contributed by atoms with Crippen LogP contribution in [0, 0.1) is 0 Å². The van der Waals surface area contributed by atoms with E-state index in [0.29, 0.717) is 0 Å². The molecular formula is C14H9ClF6O3. The van der Waals surface area contributed by atoms with Crippen LogP contribution in [0.1, 0.15) is 18.1 Å². The Kier molecular flexibility index (Phi) is 4.76. The summed E-state index contributed by atoms with van der Waals surface area (Å²) < 4.78 is 84.7. The molecule has 0 unspecified atom stereocenters. The van der Waals surface area contributed by atoms with Gasteiger partial charge in [-0.2, -0.15) is 13.2 Å². The zero-order chi connectivity index (χ0) is 18.3. The Labute approximate surface area is 136 Å². The van der Waals surface area contributed by atoms with E-state index in [0.717, 1.165) is 18.2 Å². The minimum atomic E-state index is -4.97. The molecular weight excluding hydrogens is 366 g/mol. The molecule has 2 rings (SSSR count). The maximum atomic E-state index is 13.0. The molecule has 132 valence electrons. The lowest BCUT2D eigenvalue weighted by molar-refractivity contribution is -0.274. The van der Waals surface area contributed by atoms with Gasteiger partial charge in [0.2, 0.25) is 6.10 Å². The van der Waals surface area contributed by atoms with E-state index in [-0.39, 0.29) is 23.3 Å². The van der Waals surface area contributed by atoms with Crippen LogP contribution in [-0.2, 0) is 11.2 Å². The molecule has 0 saturated carbocycles. The predicted octanol–water partition coefficient (Wildman–Crippen LogP) is 4.62. The zero-order valence-corrected chi connectivity index (χ0v) is 12.6. The largest absolute Gasteiger partial charge is 0.573 e. The van der Waals surface area contributed by atoms with Gasteiger partial charge in [0, 0.05) is 5.56 Å². The van der Waals surface area contributed by atoms with Crippen molar-refractivity contribution in [1.29, 1.82) is 0 Å². The van der Waals surface area contributed by atoms with Crippen molar-refractivity contribution in [3.8, 4) is 11.5 Å². The van der Waals surface area contributed by atoms with Gasteiger partial charge in [0.15, 0.2) is 0 Å². The number of ether oxygens (including phenoxy) is 2. The fourth-order valence-electron chi connectivity index (χ4n) is 2.22. The Morgan fingerprint density at radius 3 is 2.33 bits per heavy atom. The summed E-state index contributed by atoms with van der Waals surface area (Å²) in [5.41, 5.74) is -1.00. The summed E-state index contributed by atoms with van der Waals surface area (Å²) in [5.74, 6) is -0.902. The lowest BCUT2D eigenvalue weighted by Crippen LogP contribution is -2.39. The molecule has 1 heterocycles. The van der Waals surface area contributed by atoms with Gasteiger partial charge < -0.3 is 9.47 Å². The number of halogens is 7. The van der Waals surface area contributed by atoms with Crippen molar-refractivity contribution in [3.63, 3.8) is 0 Å². The Hall–Kier alpha value is -1.90. The third-order valence-corrected chi connectivity index (χ3v) is 3.35. The summed E-state index contributed by atoms with van der Waals surface area (Å²) in [6, 6.07) is 1.76. The molecule has 1 aromatic carbocycles. The van der Waals surface area contributed by atoms with E-state index in [2.05, 4.69) is 4.74 Å². The topological polar surface area (TPSA) is 35.5 Å². The van der Waals surface area contributed by atoms with E-state index < -0.39 is 35.2 Å². The lowest BCUT2D eigenvalue weighted by atomic mass is 9.98. The number of rotatable bonds is 3. The number of carbonyl (C=O) groups is 1. The molecule has 24 heavy (non-hydrogen) atoms. The summed E-state index contributed by atoms with van der Waals surface area (Å²) in [7, 11) is 0. The van der Waals surface area contributed by atoms with E-state index in [1.165, 1.54) is 6.92 Å². The van der Waals surface area contributed by atoms with Gasteiger partial charge >= 0.3 is 12.5 Å². The average molecular weight is 375 g/mol. The fourth-order valence-corrected chi connectivity index (χ4v) is 2.37. The fraction of sp³-hybridized carbons (Fsp3) is 0.357. The Bertz CT molecular complexity index is 693. The number of hydrogen-bond donors (Lipinski definition) is 0. The van der Waals surface area contributed by atoms with Crippen molar-refractivity contribution in [3.05, 3.63) is 28.8 Å². The number of fused-ring (bicyclic) bond motifs is 1. The SMILES string of the molecule is CCc1cc(OC(F)(F)F)cc2c1O[C@H](C(F)(F)F)C(C(=O)Cl)=C2. The van der Waals surface area contributed by atoms with Crippen LogP contribution in [0.3, 0.4) is 0 Å². The summed E-state index contributed by atoms with van der Waals surface area (Å²) in [4.78, 5) is 11.2. The molecule has 0 amide bonds. The highest BCUT2D eigenvalue weighted by Crippen LogP contribution is 2.42. The molecule has 0 N–H and O–H groups in total. The first kappa shape index (κ1) is 18.4. The monoisotopic (exact) mass is 374 g/mol. The quantitative estimate of drug-likeness (QED) is 0.572. The van der Waals surface area contributed by atoms with Gasteiger partial charge in [-0.25, -0.2) is 0 Å². The molecule has 0 saturated heterocycles. The Morgan fingerprint density at radius 2 is 1.88 bits per heavy atom. The maximum absolute atomic E-state index is 13.0. The molecule has 0 bridgehead atoms. The summed E-state index contributed by atoms with van der Waals surface area (Å²) >= 11 is 5.15. The predicted molar refractivity (Wildman–Crippen MR) is 71.8 cm³/mol. The first-order valence-corrected chi connectivity index (χ1v) is 6.87. The normalized spacial score (nSPS) is 17.7. The van der Waals surface area contributed by atoms with Gasteiger partial charge in [0.1, 0.15) is 11.5 Å². The zero-order valence-electron chi connectivity index (χ0n) is 11.9. The Morgan fingerprint density at radius 1 is 1.25 bits per heavy atom. The molecule has 0 radical (unpaired) electrons. The molecule has 0 aromatic heterocycles. The van der Waals surface area contributed by atoms with E-state index in [4.69, 9.17) is 16.3 Å². The van der Waals surface area contributed by atoms with Gasteiger partial charge in [-0.3, -0.25) is 4.79 Å². The van der Waals surface area contributed by atoms with Crippen LogP contribution in [0.25, 0.3) is 6.08 Å². The van der Waals surface area contributed by atoms with Crippen LogP contribution in [-0.4, -0.2) is 23.9 Å². The van der Waals surface area contributed by atoms with Crippen LogP contribution in [0.2, 0.25) is 0 Å². The smallest absolute Gasteiger partial charge is 0.475 e. The van der Waals surface area contributed by atoms with Crippen molar-refractivity contribution in [2.24, 2.45) is 0 Å². The third kappa shape index (κ3) is 3.95. The van der Waals surface area contributed by atoms with Crippen molar-refractivity contribution >= 4 is 22.9 Å². The molecule has 3 nitrogen and oxygen atoms in total. The second kappa shape index (κ2) is 6.19. The molecule has 0 aliphatic carbocycles. The van der Waals surface area contributed by atoms with E-state index in [1.807, 2.05) is 0 Å². The van der Waals surface area contributed by atoms with Gasteiger partial charge in [-0.05, 0) is 41.8 Å². The van der Waals surface area contributed by atoms with Gasteiger partial charge in [-0.15, -0.1) is 13.2 Å². The van der Waals surface area contributed by atoms with Gasteiger partial charge in [0.25, 0.3) is 5.24 Å². The number of hydrogen-bond acceptors (Lipinski definition) is 3. The van der Waals surface area contributed by atoms with Crippen molar-refractivity contribution in [2.75, 3.05) is 0 Å². The van der Waals surface area contributed by atoms with Gasteiger partial charge in [-0.1, -0.05) is 6.92 Å². The van der Waals surface area contributed by atoms with Crippen LogP contribution >= 0.6 is 11.6 Å². The highest BCUT2D eigenvalue weighted by atomic mass is 35.5. The Balaban J connectivity index is 2.58. The van der Waals surface area contributed by atoms with E-state index in [1.54, 1.807) is 0 Å². The first-order valence-electron chi connectivity index (χ1n) is 6.50. The number of aryl methyl sites for hydroxylation is 1. The second-order valence-electron chi connectivity index (χ2n) is 4.81. The van der Waals surface area contributed by atoms with E-state index in [9.17, 15) is 31.1 Å². The molecule has 1 aliphatic heterocycles. The van der Waals surface area contributed by atoms with Crippen molar-refractivity contribution in [2.45, 2.75) is 32.0 Å². The minimum Gasteiger partial charge on any atom is -0.475 e. The van der Waals surface area contributed by atoms with Crippen molar-refractivity contribution < 1.29 is 40.6 Å². The lowest BCUT2D eigenvalue weighted by Gasteiger charge is -2.29. The standard InChI is InChI=1S/C14H9ClF6O3/c1-2-6-3-8(24-14(19,20)21)4-7-5-9(12(15)22)11(13(16,17)18)23-10(6)7/h3-5,11H,2H2,1H3/t11-/m0/s1. The van der Waals surface area contributed by atoms with Crippen LogP contribution in [0.5, 0.6) is 11.5 Å². The molecule has 0 spiro atoms. The van der Waals surface area contributed by atoms with Crippen LogP contribution in [0.15, 0.2) is 17.7 Å². The molecule has 0 fully saturated rings. The van der Waals surface area contributed by atoms with E-state index >= 15 is 0 Å². The minimum absolute atomic E-state index is 0.0679. The highest BCUT2D eigenvalue weighted by molar-refractivity contribution is 6.68. The van der Waals surface area contributed by atoms with Gasteiger partial charge in [0.05, 0.1) is 5.57 Å². The molecule has 1 aromatic rings. The highest BCUT2D eigenvalue weighted by Gasteiger charge is 2.48. The number of carbonyl (C=O) groups excluding carboxylic acids is 1. The molecule has 1 aliphatic rings. The average Bonchev–Trinajstić information content (AvgIpc) is 2.42. The van der Waals surface area contributed by atoms with Crippen LogP contribution in [0.4, 0.5) is 26.3 Å². The van der Waals surface area contributed by atoms with Crippen molar-refractivity contribution in [1.82, 2.24) is 0 Å². The number of alkyl halides is 6. The second-order valence-corrected chi connectivity index (χ2v) is 5.16. The first-order chi connectivity index (χ1) is 10.9. The van der Waals surface area contributed by atoms with Crippen LogP contribution < -0.4 is 9.47 Å². The summed E-state index contributed by atoms with van der Waals surface area (Å²) in [6.07, 6.45) is -11.6. The summed E-state index contributed by atoms with van der Waals surface area (Å²) in [6.45, 7) is 1.52. The molecule has 1 atom stereocenters. The number of benzene rings is 1. The molecule has 10 heteroatoms. The third-order valence-electron chi connectivity index (χ3n) is 3.14.